The first-order valence-corrected chi connectivity index (χ1v) is 6.76. The molecule has 0 aromatic heterocycles. The molecule has 0 N–H and O–H groups in total. The number of halogens is 1. The second-order valence-electron chi connectivity index (χ2n) is 4.50. The SMILES string of the molecule is O=C(c1ccc(C2OCCO2)cc1)c1ccccc1Cl. The second kappa shape index (κ2) is 5.75. The van der Waals surface area contributed by atoms with Gasteiger partial charge in [0.2, 0.25) is 0 Å². The minimum absolute atomic E-state index is 0.0876. The number of hydrogen-bond donors (Lipinski definition) is 0. The fourth-order valence-electron chi connectivity index (χ4n) is 2.14. The summed E-state index contributed by atoms with van der Waals surface area (Å²) in [4.78, 5) is 12.4. The van der Waals surface area contributed by atoms with Crippen LogP contribution in [0.5, 0.6) is 0 Å². The molecule has 2 aromatic rings. The molecule has 1 fully saturated rings. The Hall–Kier alpha value is -1.68. The van der Waals surface area contributed by atoms with Crippen molar-refractivity contribution in [2.75, 3.05) is 13.2 Å². The molecule has 1 saturated heterocycles. The van der Waals surface area contributed by atoms with Crippen molar-refractivity contribution in [3.8, 4) is 0 Å². The summed E-state index contributed by atoms with van der Waals surface area (Å²) in [6.45, 7) is 1.20. The quantitative estimate of drug-likeness (QED) is 0.809. The van der Waals surface area contributed by atoms with Gasteiger partial charge < -0.3 is 9.47 Å². The van der Waals surface area contributed by atoms with Gasteiger partial charge in [-0.1, -0.05) is 48.0 Å². The van der Waals surface area contributed by atoms with E-state index in [2.05, 4.69) is 0 Å². The van der Waals surface area contributed by atoms with Crippen LogP contribution in [-0.2, 0) is 9.47 Å². The van der Waals surface area contributed by atoms with E-state index in [1.165, 1.54) is 0 Å². The lowest BCUT2D eigenvalue weighted by molar-refractivity contribution is -0.0441. The van der Waals surface area contributed by atoms with E-state index in [0.717, 1.165) is 5.56 Å². The first-order chi connectivity index (χ1) is 9.75. The number of carbonyl (C=O) groups excluding carboxylic acids is 1. The van der Waals surface area contributed by atoms with Gasteiger partial charge >= 0.3 is 0 Å². The maximum atomic E-state index is 12.4. The van der Waals surface area contributed by atoms with Crippen LogP contribution >= 0.6 is 11.6 Å². The van der Waals surface area contributed by atoms with Crippen LogP contribution in [0.2, 0.25) is 5.02 Å². The van der Waals surface area contributed by atoms with Crippen molar-refractivity contribution in [2.45, 2.75) is 6.29 Å². The lowest BCUT2D eigenvalue weighted by atomic mass is 10.0. The van der Waals surface area contributed by atoms with E-state index in [1.807, 2.05) is 12.1 Å². The Labute approximate surface area is 122 Å². The number of ketones is 1. The van der Waals surface area contributed by atoms with E-state index in [1.54, 1.807) is 36.4 Å². The molecule has 4 heteroatoms. The van der Waals surface area contributed by atoms with Crippen LogP contribution in [0.1, 0.15) is 27.8 Å². The predicted octanol–water partition coefficient (Wildman–Crippen LogP) is 3.62. The third-order valence-corrected chi connectivity index (χ3v) is 3.51. The minimum Gasteiger partial charge on any atom is -0.346 e. The molecule has 0 bridgehead atoms. The molecule has 102 valence electrons. The molecule has 2 aromatic carbocycles. The van der Waals surface area contributed by atoms with Crippen LogP contribution in [0.3, 0.4) is 0 Å². The van der Waals surface area contributed by atoms with Gasteiger partial charge in [0, 0.05) is 16.7 Å². The first kappa shape index (κ1) is 13.3. The monoisotopic (exact) mass is 288 g/mol. The van der Waals surface area contributed by atoms with Gasteiger partial charge in [-0.05, 0) is 12.1 Å². The summed E-state index contributed by atoms with van der Waals surface area (Å²) in [6.07, 6.45) is -0.320. The van der Waals surface area contributed by atoms with E-state index in [-0.39, 0.29) is 12.1 Å². The predicted molar refractivity (Wildman–Crippen MR) is 76.0 cm³/mol. The van der Waals surface area contributed by atoms with Gasteiger partial charge in [0.1, 0.15) is 0 Å². The Morgan fingerprint density at radius 3 is 2.30 bits per heavy atom. The van der Waals surface area contributed by atoms with Crippen molar-refractivity contribution in [1.29, 1.82) is 0 Å². The highest BCUT2D eigenvalue weighted by molar-refractivity contribution is 6.34. The number of rotatable bonds is 3. The zero-order valence-electron chi connectivity index (χ0n) is 10.7. The van der Waals surface area contributed by atoms with Gasteiger partial charge in [0.25, 0.3) is 0 Å². The van der Waals surface area contributed by atoms with Crippen molar-refractivity contribution in [2.24, 2.45) is 0 Å². The summed E-state index contributed by atoms with van der Waals surface area (Å²) in [5, 5.41) is 0.462. The lowest BCUT2D eigenvalue weighted by Gasteiger charge is -2.10. The molecule has 1 aliphatic rings. The van der Waals surface area contributed by atoms with Crippen LogP contribution in [-0.4, -0.2) is 19.0 Å². The van der Waals surface area contributed by atoms with E-state index < -0.39 is 0 Å². The molecular formula is C16H13ClO3. The topological polar surface area (TPSA) is 35.5 Å². The third-order valence-electron chi connectivity index (χ3n) is 3.19. The van der Waals surface area contributed by atoms with Gasteiger partial charge in [0.15, 0.2) is 12.1 Å². The summed E-state index contributed by atoms with van der Waals surface area (Å²) in [7, 11) is 0. The highest BCUT2D eigenvalue weighted by Gasteiger charge is 2.19. The molecule has 0 aliphatic carbocycles. The minimum atomic E-state index is -0.320. The van der Waals surface area contributed by atoms with Gasteiger partial charge in [-0.15, -0.1) is 0 Å². The molecule has 3 nitrogen and oxygen atoms in total. The fourth-order valence-corrected chi connectivity index (χ4v) is 2.36. The van der Waals surface area contributed by atoms with Crippen LogP contribution in [0.25, 0.3) is 0 Å². The van der Waals surface area contributed by atoms with Crippen LogP contribution < -0.4 is 0 Å². The average Bonchev–Trinajstić information content (AvgIpc) is 3.01. The van der Waals surface area contributed by atoms with Gasteiger partial charge in [0.05, 0.1) is 18.2 Å². The zero-order valence-corrected chi connectivity index (χ0v) is 11.5. The Kier molecular flexibility index (Phi) is 3.83. The molecule has 0 radical (unpaired) electrons. The molecule has 1 aliphatic heterocycles. The molecular weight excluding hydrogens is 276 g/mol. The smallest absolute Gasteiger partial charge is 0.194 e. The highest BCUT2D eigenvalue weighted by atomic mass is 35.5. The van der Waals surface area contributed by atoms with E-state index in [4.69, 9.17) is 21.1 Å². The van der Waals surface area contributed by atoms with E-state index >= 15 is 0 Å². The van der Waals surface area contributed by atoms with Crippen LogP contribution in [0.15, 0.2) is 48.5 Å². The Morgan fingerprint density at radius 1 is 1.00 bits per heavy atom. The first-order valence-electron chi connectivity index (χ1n) is 6.38. The Bertz CT molecular complexity index is 616. The number of hydrogen-bond acceptors (Lipinski definition) is 3. The molecule has 0 spiro atoms. The summed E-state index contributed by atoms with van der Waals surface area (Å²) in [6, 6.07) is 14.3. The van der Waals surface area contributed by atoms with Crippen molar-refractivity contribution in [3.05, 3.63) is 70.2 Å². The molecule has 0 atom stereocenters. The number of benzene rings is 2. The van der Waals surface area contributed by atoms with Gasteiger partial charge in [-0.2, -0.15) is 0 Å². The van der Waals surface area contributed by atoms with Crippen molar-refractivity contribution >= 4 is 17.4 Å². The normalized spacial score (nSPS) is 15.4. The van der Waals surface area contributed by atoms with E-state index in [0.29, 0.717) is 29.4 Å². The largest absolute Gasteiger partial charge is 0.346 e. The van der Waals surface area contributed by atoms with Gasteiger partial charge in [-0.25, -0.2) is 0 Å². The van der Waals surface area contributed by atoms with Gasteiger partial charge in [-0.3, -0.25) is 4.79 Å². The fraction of sp³-hybridized carbons (Fsp3) is 0.188. The third kappa shape index (κ3) is 2.61. The summed E-state index contributed by atoms with van der Waals surface area (Å²) < 4.78 is 10.8. The van der Waals surface area contributed by atoms with Crippen molar-refractivity contribution < 1.29 is 14.3 Å². The zero-order chi connectivity index (χ0) is 13.9. The number of ether oxygens (including phenoxy) is 2. The van der Waals surface area contributed by atoms with Crippen molar-refractivity contribution in [3.63, 3.8) is 0 Å². The molecule has 1 heterocycles. The second-order valence-corrected chi connectivity index (χ2v) is 4.91. The standard InChI is InChI=1S/C16H13ClO3/c17-14-4-2-1-3-13(14)15(18)11-5-7-12(8-6-11)16-19-9-10-20-16/h1-8,16H,9-10H2. The molecule has 0 saturated carbocycles. The van der Waals surface area contributed by atoms with Crippen molar-refractivity contribution in [1.82, 2.24) is 0 Å². The maximum Gasteiger partial charge on any atom is 0.194 e. The summed E-state index contributed by atoms with van der Waals surface area (Å²) in [5.41, 5.74) is 2.02. The van der Waals surface area contributed by atoms with E-state index in [9.17, 15) is 4.79 Å². The Balaban J connectivity index is 1.84. The number of carbonyl (C=O) groups is 1. The molecule has 20 heavy (non-hydrogen) atoms. The molecule has 3 rings (SSSR count). The average molecular weight is 289 g/mol. The summed E-state index contributed by atoms with van der Waals surface area (Å²) >= 11 is 6.04. The molecule has 0 unspecified atom stereocenters. The lowest BCUT2D eigenvalue weighted by Crippen LogP contribution is -2.03. The summed E-state index contributed by atoms with van der Waals surface area (Å²) in [5.74, 6) is -0.0876. The Morgan fingerprint density at radius 2 is 1.65 bits per heavy atom. The highest BCUT2D eigenvalue weighted by Crippen LogP contribution is 2.24. The molecule has 0 amide bonds. The van der Waals surface area contributed by atoms with Crippen LogP contribution in [0, 0.1) is 0 Å². The van der Waals surface area contributed by atoms with Crippen LogP contribution in [0.4, 0.5) is 0 Å². The maximum absolute atomic E-state index is 12.4.